The van der Waals surface area contributed by atoms with Crippen LogP contribution in [-0.4, -0.2) is 16.9 Å². The van der Waals surface area contributed by atoms with Crippen LogP contribution in [0.4, 0.5) is 9.39 Å². The molecule has 0 atom stereocenters. The van der Waals surface area contributed by atoms with Crippen LogP contribution in [0.1, 0.15) is 50.4 Å². The molecule has 1 aliphatic rings. The largest absolute Gasteiger partial charge is 0.365 e. The summed E-state index contributed by atoms with van der Waals surface area (Å²) in [4.78, 5) is 25.3. The number of hydrogen-bond acceptors (Lipinski definition) is 4. The lowest BCUT2D eigenvalue weighted by molar-refractivity contribution is 0.0975. The van der Waals surface area contributed by atoms with Gasteiger partial charge in [-0.1, -0.05) is 6.42 Å². The number of carbonyl (C=O) groups is 2. The van der Waals surface area contributed by atoms with E-state index in [2.05, 4.69) is 10.6 Å². The van der Waals surface area contributed by atoms with Crippen molar-refractivity contribution in [3.8, 4) is 0 Å². The third-order valence-electron chi connectivity index (χ3n) is 4.23. The fourth-order valence-corrected chi connectivity index (χ4v) is 4.56. The highest BCUT2D eigenvalue weighted by atomic mass is 32.1. The molecule has 0 saturated carbocycles. The zero-order valence-electron chi connectivity index (χ0n) is 13.9. The van der Waals surface area contributed by atoms with E-state index in [0.717, 1.165) is 42.5 Å². The second-order valence-electron chi connectivity index (χ2n) is 6.05. The van der Waals surface area contributed by atoms with Gasteiger partial charge in [-0.15, -0.1) is 11.3 Å². The van der Waals surface area contributed by atoms with Crippen molar-refractivity contribution in [2.45, 2.75) is 32.1 Å². The fourth-order valence-electron chi connectivity index (χ4n) is 3.00. The Hall–Kier alpha value is -2.32. The van der Waals surface area contributed by atoms with E-state index in [9.17, 15) is 14.0 Å². The number of benzene rings is 1. The third kappa shape index (κ3) is 4.08. The number of amides is 2. The summed E-state index contributed by atoms with van der Waals surface area (Å²) in [6.45, 7) is 0. The summed E-state index contributed by atoms with van der Waals surface area (Å²) < 4.78 is 12.9. The molecule has 4 N–H and O–H groups in total. The van der Waals surface area contributed by atoms with Crippen molar-refractivity contribution in [2.24, 2.45) is 5.73 Å². The van der Waals surface area contributed by atoms with Crippen molar-refractivity contribution < 1.29 is 14.0 Å². The van der Waals surface area contributed by atoms with Gasteiger partial charge in [-0.05, 0) is 67.7 Å². The van der Waals surface area contributed by atoms with Crippen LogP contribution in [-0.2, 0) is 12.8 Å². The smallest absolute Gasteiger partial charge is 0.257 e. The second-order valence-corrected chi connectivity index (χ2v) is 7.56. The summed E-state index contributed by atoms with van der Waals surface area (Å²) in [5, 5.41) is 6.09. The number of thiocarbonyl (C=S) groups is 1. The summed E-state index contributed by atoms with van der Waals surface area (Å²) in [6, 6.07) is 5.14. The summed E-state index contributed by atoms with van der Waals surface area (Å²) in [7, 11) is 0. The molecule has 0 aliphatic heterocycles. The second kappa shape index (κ2) is 7.92. The standard InChI is InChI=1S/C18H18FN3O2S2/c19-11-8-6-10(7-9-11)16(24)21-18(25)22-17-14(15(20)23)12-4-2-1-3-5-13(12)26-17/h6-9H,1-5H2,(H2,20,23)(H2,21,22,24,25). The summed E-state index contributed by atoms with van der Waals surface area (Å²) in [5.41, 5.74) is 7.32. The average Bonchev–Trinajstić information content (AvgIpc) is 2.76. The maximum Gasteiger partial charge on any atom is 0.257 e. The van der Waals surface area contributed by atoms with Crippen LogP contribution in [0.25, 0.3) is 0 Å². The van der Waals surface area contributed by atoms with Gasteiger partial charge in [0.25, 0.3) is 11.8 Å². The molecule has 1 aliphatic carbocycles. The van der Waals surface area contributed by atoms with Crippen molar-refractivity contribution in [1.82, 2.24) is 5.32 Å². The maximum atomic E-state index is 12.9. The van der Waals surface area contributed by atoms with Crippen molar-refractivity contribution in [1.29, 1.82) is 0 Å². The lowest BCUT2D eigenvalue weighted by Crippen LogP contribution is -2.34. The Kier molecular flexibility index (Phi) is 5.63. The van der Waals surface area contributed by atoms with E-state index in [1.165, 1.54) is 35.6 Å². The molecule has 0 saturated heterocycles. The minimum absolute atomic E-state index is 0.0678. The molecule has 1 aromatic carbocycles. The predicted molar refractivity (Wildman–Crippen MR) is 104 cm³/mol. The van der Waals surface area contributed by atoms with Gasteiger partial charge in [0.2, 0.25) is 0 Å². The van der Waals surface area contributed by atoms with Crippen LogP contribution < -0.4 is 16.4 Å². The van der Waals surface area contributed by atoms with E-state index < -0.39 is 17.6 Å². The number of nitrogens with one attached hydrogen (secondary N) is 2. The van der Waals surface area contributed by atoms with Crippen LogP contribution >= 0.6 is 23.6 Å². The van der Waals surface area contributed by atoms with Crippen molar-refractivity contribution in [3.63, 3.8) is 0 Å². The number of nitrogens with two attached hydrogens (primary N) is 1. The highest BCUT2D eigenvalue weighted by Gasteiger charge is 2.24. The molecule has 0 radical (unpaired) electrons. The van der Waals surface area contributed by atoms with Gasteiger partial charge in [-0.2, -0.15) is 0 Å². The Labute approximate surface area is 159 Å². The molecule has 0 unspecified atom stereocenters. The SMILES string of the molecule is NC(=O)c1c(NC(=S)NC(=O)c2ccc(F)cc2)sc2c1CCCCC2. The number of anilines is 1. The minimum atomic E-state index is -0.500. The molecule has 0 spiro atoms. The van der Waals surface area contributed by atoms with Gasteiger partial charge in [-0.3, -0.25) is 14.9 Å². The summed E-state index contributed by atoms with van der Waals surface area (Å²) in [5.74, 6) is -1.38. The molecule has 8 heteroatoms. The van der Waals surface area contributed by atoms with E-state index in [1.807, 2.05) is 0 Å². The van der Waals surface area contributed by atoms with Crippen LogP contribution in [0.15, 0.2) is 24.3 Å². The van der Waals surface area contributed by atoms with Crippen LogP contribution in [0.3, 0.4) is 0 Å². The van der Waals surface area contributed by atoms with Crippen molar-refractivity contribution >= 4 is 45.5 Å². The van der Waals surface area contributed by atoms with Gasteiger partial charge in [0.15, 0.2) is 5.11 Å². The Balaban J connectivity index is 1.76. The van der Waals surface area contributed by atoms with Crippen LogP contribution in [0, 0.1) is 5.82 Å². The molecule has 1 heterocycles. The van der Waals surface area contributed by atoms with Crippen LogP contribution in [0.2, 0.25) is 0 Å². The number of hydrogen-bond donors (Lipinski definition) is 3. The lowest BCUT2D eigenvalue weighted by atomic mass is 10.1. The molecule has 2 aromatic rings. The fraction of sp³-hybridized carbons (Fsp3) is 0.278. The molecule has 1 aromatic heterocycles. The summed E-state index contributed by atoms with van der Waals surface area (Å²) in [6.07, 6.45) is 4.97. The Morgan fingerprint density at radius 3 is 2.50 bits per heavy atom. The molecule has 3 rings (SSSR count). The van der Waals surface area contributed by atoms with Gasteiger partial charge < -0.3 is 11.1 Å². The summed E-state index contributed by atoms with van der Waals surface area (Å²) >= 11 is 6.65. The zero-order valence-corrected chi connectivity index (χ0v) is 15.6. The first-order chi connectivity index (χ1) is 12.5. The van der Waals surface area contributed by atoms with E-state index in [0.29, 0.717) is 10.6 Å². The number of aryl methyl sites for hydroxylation is 1. The van der Waals surface area contributed by atoms with E-state index in [1.54, 1.807) is 0 Å². The highest BCUT2D eigenvalue weighted by molar-refractivity contribution is 7.80. The number of thiophene rings is 1. The van der Waals surface area contributed by atoms with Gasteiger partial charge in [0.1, 0.15) is 10.8 Å². The van der Waals surface area contributed by atoms with E-state index in [4.69, 9.17) is 18.0 Å². The monoisotopic (exact) mass is 391 g/mol. The van der Waals surface area contributed by atoms with E-state index >= 15 is 0 Å². The first-order valence-electron chi connectivity index (χ1n) is 8.28. The highest BCUT2D eigenvalue weighted by Crippen LogP contribution is 2.37. The Morgan fingerprint density at radius 2 is 1.81 bits per heavy atom. The first-order valence-corrected chi connectivity index (χ1v) is 9.50. The van der Waals surface area contributed by atoms with Gasteiger partial charge >= 0.3 is 0 Å². The number of rotatable bonds is 3. The lowest BCUT2D eigenvalue weighted by Gasteiger charge is -2.10. The molecule has 5 nitrogen and oxygen atoms in total. The topological polar surface area (TPSA) is 84.2 Å². The van der Waals surface area contributed by atoms with Gasteiger partial charge in [0, 0.05) is 10.4 Å². The predicted octanol–water partition coefficient (Wildman–Crippen LogP) is 3.38. The maximum absolute atomic E-state index is 12.9. The number of carbonyl (C=O) groups excluding carboxylic acids is 2. The van der Waals surface area contributed by atoms with E-state index in [-0.39, 0.29) is 10.7 Å². The molecular weight excluding hydrogens is 373 g/mol. The quantitative estimate of drug-likeness (QED) is 0.553. The molecule has 0 fully saturated rings. The van der Waals surface area contributed by atoms with Gasteiger partial charge in [0.05, 0.1) is 5.56 Å². The minimum Gasteiger partial charge on any atom is -0.365 e. The molecule has 26 heavy (non-hydrogen) atoms. The van der Waals surface area contributed by atoms with Crippen LogP contribution in [0.5, 0.6) is 0 Å². The third-order valence-corrected chi connectivity index (χ3v) is 5.64. The molecular formula is C18H18FN3O2S2. The molecule has 2 amide bonds. The number of halogens is 1. The zero-order chi connectivity index (χ0) is 18.7. The van der Waals surface area contributed by atoms with Crippen molar-refractivity contribution in [3.05, 3.63) is 51.7 Å². The first kappa shape index (κ1) is 18.5. The Morgan fingerprint density at radius 1 is 1.12 bits per heavy atom. The molecule has 136 valence electrons. The average molecular weight is 391 g/mol. The Bertz CT molecular complexity index is 862. The van der Waals surface area contributed by atoms with Crippen molar-refractivity contribution in [2.75, 3.05) is 5.32 Å². The normalized spacial score (nSPS) is 13.4. The van der Waals surface area contributed by atoms with Gasteiger partial charge in [-0.25, -0.2) is 4.39 Å². The number of primary amides is 1. The number of fused-ring (bicyclic) bond motifs is 1. The molecule has 0 bridgehead atoms.